The van der Waals surface area contributed by atoms with Gasteiger partial charge in [0.1, 0.15) is 0 Å². The molecule has 2 heteroatoms. The van der Waals surface area contributed by atoms with Crippen LogP contribution in [0.2, 0.25) is 0 Å². The van der Waals surface area contributed by atoms with Gasteiger partial charge < -0.3 is 5.32 Å². The molecule has 0 atom stereocenters. The number of amides is 1. The van der Waals surface area contributed by atoms with Crippen LogP contribution >= 0.6 is 0 Å². The van der Waals surface area contributed by atoms with Crippen LogP contribution in [-0.4, -0.2) is 5.91 Å². The van der Waals surface area contributed by atoms with Gasteiger partial charge in [-0.1, -0.05) is 75.4 Å². The highest BCUT2D eigenvalue weighted by Crippen LogP contribution is 2.20. The second-order valence-electron chi connectivity index (χ2n) is 7.34. The number of benzene rings is 3. The minimum atomic E-state index is -0.0957. The molecule has 0 unspecified atom stereocenters. The predicted molar refractivity (Wildman–Crippen MR) is 107 cm³/mol. The van der Waals surface area contributed by atoms with Crippen molar-refractivity contribution in [1.82, 2.24) is 0 Å². The molecule has 0 fully saturated rings. The van der Waals surface area contributed by atoms with E-state index < -0.39 is 0 Å². The van der Waals surface area contributed by atoms with Gasteiger partial charge in [-0.15, -0.1) is 0 Å². The third kappa shape index (κ3) is 4.57. The molecule has 0 aliphatic carbocycles. The summed E-state index contributed by atoms with van der Waals surface area (Å²) in [5.41, 5.74) is 2.70. The third-order valence-corrected chi connectivity index (χ3v) is 3.96. The Bertz CT molecular complexity index is 915. The molecule has 0 aliphatic rings. The highest BCUT2D eigenvalue weighted by Gasteiger charge is 2.07. The Hall–Kier alpha value is -2.87. The van der Waals surface area contributed by atoms with E-state index in [1.165, 1.54) is 0 Å². The average Bonchev–Trinajstić information content (AvgIpc) is 2.59. The van der Waals surface area contributed by atoms with Crippen LogP contribution in [-0.2, 0) is 0 Å². The zero-order valence-corrected chi connectivity index (χ0v) is 14.9. The van der Waals surface area contributed by atoms with Gasteiger partial charge in [-0.25, -0.2) is 0 Å². The quantitative estimate of drug-likeness (QED) is 0.613. The molecular formula is C23H23NO. The van der Waals surface area contributed by atoms with Gasteiger partial charge in [0.05, 0.1) is 0 Å². The lowest BCUT2D eigenvalue weighted by Crippen LogP contribution is -2.11. The van der Waals surface area contributed by atoms with Gasteiger partial charge in [-0.3, -0.25) is 4.79 Å². The van der Waals surface area contributed by atoms with E-state index >= 15 is 0 Å². The standard InChI is InChI=1S/C23H23NO/c1-23(2,3)15-14-17-8-10-19(11-9-17)22(25)24-21-13-12-18-6-4-5-7-20(18)16-21/h4-16H,1-3H3,(H,24,25)/b15-14+. The molecule has 0 saturated carbocycles. The Kier molecular flexibility index (Phi) is 4.71. The summed E-state index contributed by atoms with van der Waals surface area (Å²) in [6.07, 6.45) is 4.25. The molecule has 3 rings (SSSR count). The van der Waals surface area contributed by atoms with Crippen LogP contribution < -0.4 is 5.32 Å². The van der Waals surface area contributed by atoms with Crippen molar-refractivity contribution in [2.75, 3.05) is 5.32 Å². The Morgan fingerprint density at radius 3 is 2.24 bits per heavy atom. The second kappa shape index (κ2) is 6.94. The van der Waals surface area contributed by atoms with Crippen molar-refractivity contribution in [3.8, 4) is 0 Å². The highest BCUT2D eigenvalue weighted by atomic mass is 16.1. The van der Waals surface area contributed by atoms with E-state index in [9.17, 15) is 4.79 Å². The molecule has 0 radical (unpaired) electrons. The minimum Gasteiger partial charge on any atom is -0.322 e. The summed E-state index contributed by atoms with van der Waals surface area (Å²) in [7, 11) is 0. The smallest absolute Gasteiger partial charge is 0.255 e. The van der Waals surface area contributed by atoms with Crippen molar-refractivity contribution in [1.29, 1.82) is 0 Å². The largest absolute Gasteiger partial charge is 0.322 e. The number of carbonyl (C=O) groups excluding carboxylic acids is 1. The zero-order chi connectivity index (χ0) is 17.9. The number of nitrogens with one attached hydrogen (secondary N) is 1. The number of carbonyl (C=O) groups is 1. The van der Waals surface area contributed by atoms with Crippen LogP contribution in [0.3, 0.4) is 0 Å². The number of anilines is 1. The molecule has 1 N–H and O–H groups in total. The van der Waals surface area contributed by atoms with Crippen LogP contribution in [0.15, 0.2) is 72.8 Å². The van der Waals surface area contributed by atoms with Gasteiger partial charge >= 0.3 is 0 Å². The van der Waals surface area contributed by atoms with Crippen LogP contribution in [0.5, 0.6) is 0 Å². The maximum Gasteiger partial charge on any atom is 0.255 e. The van der Waals surface area contributed by atoms with Gasteiger partial charge in [0.15, 0.2) is 0 Å². The first-order chi connectivity index (χ1) is 11.9. The molecule has 0 bridgehead atoms. The summed E-state index contributed by atoms with van der Waals surface area (Å²) in [4.78, 5) is 12.4. The SMILES string of the molecule is CC(C)(C)/C=C/c1ccc(C(=O)Nc2ccc3ccccc3c2)cc1. The number of hydrogen-bond donors (Lipinski definition) is 1. The molecule has 0 aromatic heterocycles. The summed E-state index contributed by atoms with van der Waals surface area (Å²) in [5.74, 6) is -0.0957. The lowest BCUT2D eigenvalue weighted by molar-refractivity contribution is 0.102. The van der Waals surface area contributed by atoms with E-state index in [1.54, 1.807) is 0 Å². The minimum absolute atomic E-state index is 0.0957. The van der Waals surface area contributed by atoms with Gasteiger partial charge in [0.2, 0.25) is 0 Å². The lowest BCUT2D eigenvalue weighted by Gasteiger charge is -2.11. The number of rotatable bonds is 3. The molecule has 0 heterocycles. The Morgan fingerprint density at radius 1 is 0.880 bits per heavy atom. The molecule has 0 aliphatic heterocycles. The van der Waals surface area contributed by atoms with Gasteiger partial charge in [0, 0.05) is 11.3 Å². The van der Waals surface area contributed by atoms with E-state index in [1.807, 2.05) is 60.7 Å². The number of hydrogen-bond acceptors (Lipinski definition) is 1. The first-order valence-electron chi connectivity index (χ1n) is 8.50. The van der Waals surface area contributed by atoms with Crippen molar-refractivity contribution in [2.45, 2.75) is 20.8 Å². The molecular weight excluding hydrogens is 306 g/mol. The van der Waals surface area contributed by atoms with Crippen LogP contribution in [0.1, 0.15) is 36.7 Å². The number of allylic oxidation sites excluding steroid dienone is 1. The highest BCUT2D eigenvalue weighted by molar-refractivity contribution is 6.05. The lowest BCUT2D eigenvalue weighted by atomic mass is 9.95. The maximum absolute atomic E-state index is 12.4. The van der Waals surface area contributed by atoms with Gasteiger partial charge in [-0.05, 0) is 46.0 Å². The van der Waals surface area contributed by atoms with E-state index in [2.05, 4.69) is 44.3 Å². The molecule has 3 aromatic carbocycles. The maximum atomic E-state index is 12.4. The molecule has 3 aromatic rings. The van der Waals surface area contributed by atoms with E-state index in [0.717, 1.165) is 22.0 Å². The van der Waals surface area contributed by atoms with Crippen molar-refractivity contribution in [3.05, 3.63) is 83.9 Å². The summed E-state index contributed by atoms with van der Waals surface area (Å²) < 4.78 is 0. The fourth-order valence-corrected chi connectivity index (χ4v) is 2.56. The summed E-state index contributed by atoms with van der Waals surface area (Å²) in [6.45, 7) is 6.48. The van der Waals surface area contributed by atoms with Gasteiger partial charge in [0.25, 0.3) is 5.91 Å². The normalized spacial score (nSPS) is 11.8. The topological polar surface area (TPSA) is 29.1 Å². The first-order valence-corrected chi connectivity index (χ1v) is 8.50. The van der Waals surface area contributed by atoms with Crippen LogP contribution in [0.25, 0.3) is 16.8 Å². The monoisotopic (exact) mass is 329 g/mol. The van der Waals surface area contributed by atoms with Crippen molar-refractivity contribution in [3.63, 3.8) is 0 Å². The molecule has 0 spiro atoms. The zero-order valence-electron chi connectivity index (χ0n) is 14.9. The van der Waals surface area contributed by atoms with Crippen LogP contribution in [0, 0.1) is 5.41 Å². The first kappa shape index (κ1) is 17.0. The Morgan fingerprint density at radius 2 is 1.56 bits per heavy atom. The predicted octanol–water partition coefficient (Wildman–Crippen LogP) is 6.15. The molecule has 126 valence electrons. The fraction of sp³-hybridized carbons (Fsp3) is 0.174. The number of fused-ring (bicyclic) bond motifs is 1. The third-order valence-electron chi connectivity index (χ3n) is 3.96. The molecule has 0 saturated heterocycles. The molecule has 1 amide bonds. The van der Waals surface area contributed by atoms with E-state index in [-0.39, 0.29) is 11.3 Å². The molecule has 2 nitrogen and oxygen atoms in total. The summed E-state index contributed by atoms with van der Waals surface area (Å²) >= 11 is 0. The van der Waals surface area contributed by atoms with Crippen molar-refractivity contribution < 1.29 is 4.79 Å². The second-order valence-corrected chi connectivity index (χ2v) is 7.34. The Balaban J connectivity index is 1.73. The fourth-order valence-electron chi connectivity index (χ4n) is 2.56. The van der Waals surface area contributed by atoms with E-state index in [4.69, 9.17) is 0 Å². The van der Waals surface area contributed by atoms with Gasteiger partial charge in [-0.2, -0.15) is 0 Å². The Labute approximate surface area is 149 Å². The van der Waals surface area contributed by atoms with Crippen molar-refractivity contribution >= 4 is 28.4 Å². The summed E-state index contributed by atoms with van der Waals surface area (Å²) in [5, 5.41) is 5.25. The van der Waals surface area contributed by atoms with Crippen molar-refractivity contribution in [2.24, 2.45) is 5.41 Å². The molecule has 25 heavy (non-hydrogen) atoms. The average molecular weight is 329 g/mol. The summed E-state index contributed by atoms with van der Waals surface area (Å²) in [6, 6.07) is 21.7. The van der Waals surface area contributed by atoms with E-state index in [0.29, 0.717) is 5.56 Å². The van der Waals surface area contributed by atoms with Crippen LogP contribution in [0.4, 0.5) is 5.69 Å².